The number of likely N-dealkylation sites (N-methyl/N-ethyl adjacent to an activating group) is 1. The van der Waals surface area contributed by atoms with E-state index in [0.29, 0.717) is 28.8 Å². The standard InChI is InChI=1S/C31H37N3O8/c1-30(2,3)13-33-11-16-9-17(14-6-7-42-12-14)18-8-15-10-19-23(34(4)5)26(37)22(29(32)40)28(39)31(19,41)27(38)20(15)25(36)21(18)24(16)35/h6-7,9,12,15,19,23,33,35-36,39,41H,8,10-11,13H2,1-5H3,(H2,32,40). The van der Waals surface area contributed by atoms with Crippen LogP contribution in [0.4, 0.5) is 0 Å². The molecule has 0 aliphatic heterocycles. The number of primary amides is 1. The van der Waals surface area contributed by atoms with Crippen LogP contribution in [0.5, 0.6) is 5.75 Å². The van der Waals surface area contributed by atoms with Crippen molar-refractivity contribution in [1.82, 2.24) is 10.2 Å². The van der Waals surface area contributed by atoms with E-state index in [9.17, 15) is 34.8 Å². The number of hydrogen-bond donors (Lipinski definition) is 6. The molecule has 1 aromatic heterocycles. The Balaban J connectivity index is 1.71. The molecular formula is C31H37N3O8. The van der Waals surface area contributed by atoms with E-state index in [1.165, 1.54) is 11.2 Å². The van der Waals surface area contributed by atoms with Crippen LogP contribution in [-0.2, 0) is 27.3 Å². The van der Waals surface area contributed by atoms with Gasteiger partial charge in [-0.3, -0.25) is 19.3 Å². The number of rotatable bonds is 6. The summed E-state index contributed by atoms with van der Waals surface area (Å²) in [6.45, 7) is 7.12. The molecule has 7 N–H and O–H groups in total. The maximum absolute atomic E-state index is 14.1. The average molecular weight is 580 g/mol. The molecule has 1 fully saturated rings. The van der Waals surface area contributed by atoms with Gasteiger partial charge in [0, 0.05) is 35.7 Å². The number of nitrogens with zero attached hydrogens (tertiary/aromatic N) is 1. The van der Waals surface area contributed by atoms with Gasteiger partial charge in [0.15, 0.2) is 11.4 Å². The smallest absolute Gasteiger partial charge is 0.255 e. The number of nitrogens with two attached hydrogens (primary N) is 1. The number of nitrogens with one attached hydrogen (secondary N) is 1. The highest BCUT2D eigenvalue weighted by Gasteiger charge is 2.64. The molecule has 1 heterocycles. The number of phenols is 1. The Hall–Kier alpha value is -3.93. The van der Waals surface area contributed by atoms with Crippen LogP contribution in [0.25, 0.3) is 16.9 Å². The van der Waals surface area contributed by atoms with Crippen molar-refractivity contribution in [3.8, 4) is 16.9 Å². The fourth-order valence-electron chi connectivity index (χ4n) is 6.75. The number of aliphatic hydroxyl groups is 3. The van der Waals surface area contributed by atoms with Crippen molar-refractivity contribution in [2.24, 2.45) is 23.0 Å². The van der Waals surface area contributed by atoms with Crippen molar-refractivity contribution in [3.63, 3.8) is 0 Å². The predicted molar refractivity (Wildman–Crippen MR) is 153 cm³/mol. The highest BCUT2D eigenvalue weighted by atomic mass is 16.3. The first kappa shape index (κ1) is 29.6. The Kier molecular flexibility index (Phi) is 7.11. The summed E-state index contributed by atoms with van der Waals surface area (Å²) in [6, 6.07) is 2.45. The molecule has 1 amide bonds. The number of aliphatic hydroxyl groups excluding tert-OH is 2. The van der Waals surface area contributed by atoms with Gasteiger partial charge in [-0.25, -0.2) is 0 Å². The summed E-state index contributed by atoms with van der Waals surface area (Å²) in [5.74, 6) is -6.74. The Morgan fingerprint density at radius 2 is 1.90 bits per heavy atom. The number of amides is 1. The number of phenolic OH excluding ortho intramolecular Hbond substituents is 1. The molecular weight excluding hydrogens is 542 g/mol. The average Bonchev–Trinajstić information content (AvgIpc) is 3.41. The topological polar surface area (TPSA) is 187 Å². The molecule has 3 aliphatic rings. The number of carbonyl (C=O) groups is 3. The summed E-state index contributed by atoms with van der Waals surface area (Å²) in [6.07, 6.45) is 3.28. The van der Waals surface area contributed by atoms with Crippen LogP contribution in [0.1, 0.15) is 43.9 Å². The van der Waals surface area contributed by atoms with E-state index in [-0.39, 0.29) is 41.7 Å². The quantitative estimate of drug-likeness (QED) is 0.277. The molecule has 11 heteroatoms. The second-order valence-corrected chi connectivity index (χ2v) is 12.9. The highest BCUT2D eigenvalue weighted by molar-refractivity contribution is 6.24. The Morgan fingerprint density at radius 3 is 2.48 bits per heavy atom. The van der Waals surface area contributed by atoms with Gasteiger partial charge in [0.05, 0.1) is 24.1 Å². The first-order valence-corrected chi connectivity index (χ1v) is 13.8. The van der Waals surface area contributed by atoms with Crippen LogP contribution in [-0.4, -0.2) is 75.1 Å². The highest BCUT2D eigenvalue weighted by Crippen LogP contribution is 2.54. The van der Waals surface area contributed by atoms with Crippen LogP contribution >= 0.6 is 0 Å². The summed E-state index contributed by atoms with van der Waals surface area (Å²) < 4.78 is 5.33. The second kappa shape index (κ2) is 10.1. The number of ketones is 2. The minimum atomic E-state index is -2.68. The van der Waals surface area contributed by atoms with E-state index in [0.717, 1.165) is 0 Å². The molecule has 4 atom stereocenters. The van der Waals surface area contributed by atoms with Gasteiger partial charge in [0.1, 0.15) is 22.8 Å². The van der Waals surface area contributed by atoms with Crippen molar-refractivity contribution in [2.45, 2.75) is 51.8 Å². The summed E-state index contributed by atoms with van der Waals surface area (Å²) in [5, 5.41) is 49.3. The molecule has 0 spiro atoms. The zero-order valence-electron chi connectivity index (χ0n) is 24.3. The van der Waals surface area contributed by atoms with E-state index >= 15 is 0 Å². The van der Waals surface area contributed by atoms with Crippen LogP contribution in [0.2, 0.25) is 0 Å². The first-order valence-electron chi connectivity index (χ1n) is 13.8. The van der Waals surface area contributed by atoms with Crippen LogP contribution in [0.3, 0.4) is 0 Å². The molecule has 0 radical (unpaired) electrons. The number of aromatic hydroxyl groups is 1. The van der Waals surface area contributed by atoms with Gasteiger partial charge < -0.3 is 35.9 Å². The number of benzene rings is 1. The Morgan fingerprint density at radius 1 is 1.21 bits per heavy atom. The number of Topliss-reactive ketones (excluding diaryl/α,β-unsaturated/α-hetero) is 2. The van der Waals surface area contributed by atoms with Gasteiger partial charge in [-0.2, -0.15) is 0 Å². The normalized spacial score (nSPS) is 25.9. The molecule has 3 aliphatic carbocycles. The van der Waals surface area contributed by atoms with Gasteiger partial charge in [-0.15, -0.1) is 0 Å². The lowest BCUT2D eigenvalue weighted by molar-refractivity contribution is -0.153. The molecule has 42 heavy (non-hydrogen) atoms. The third-order valence-corrected chi connectivity index (χ3v) is 8.60. The monoisotopic (exact) mass is 579 g/mol. The van der Waals surface area contributed by atoms with Gasteiger partial charge >= 0.3 is 0 Å². The van der Waals surface area contributed by atoms with Crippen molar-refractivity contribution in [1.29, 1.82) is 0 Å². The van der Waals surface area contributed by atoms with E-state index in [2.05, 4.69) is 26.1 Å². The number of hydrogen-bond acceptors (Lipinski definition) is 10. The van der Waals surface area contributed by atoms with E-state index in [1.54, 1.807) is 26.4 Å². The van der Waals surface area contributed by atoms with Gasteiger partial charge in [-0.05, 0) is 61.5 Å². The van der Waals surface area contributed by atoms with Crippen LogP contribution in [0, 0.1) is 17.3 Å². The summed E-state index contributed by atoms with van der Waals surface area (Å²) >= 11 is 0. The fourth-order valence-corrected chi connectivity index (χ4v) is 6.75. The van der Waals surface area contributed by atoms with E-state index in [1.807, 2.05) is 6.07 Å². The minimum absolute atomic E-state index is 0.0201. The SMILES string of the molecule is CN(C)C1C(=O)C(C(N)=O)=C(O)C2(O)C(=O)C3=C(O)c4c(O)c(CNCC(C)(C)C)cc(-c5ccoc5)c4CC3CC12. The summed E-state index contributed by atoms with van der Waals surface area (Å²) in [4.78, 5) is 41.1. The molecule has 4 unspecified atom stereocenters. The molecule has 11 nitrogen and oxygen atoms in total. The molecule has 224 valence electrons. The first-order chi connectivity index (χ1) is 19.6. The van der Waals surface area contributed by atoms with Crippen molar-refractivity contribution < 1.29 is 39.2 Å². The maximum Gasteiger partial charge on any atom is 0.255 e. The lowest BCUT2D eigenvalue weighted by atomic mass is 9.57. The van der Waals surface area contributed by atoms with Crippen LogP contribution < -0.4 is 11.1 Å². The zero-order valence-corrected chi connectivity index (χ0v) is 24.3. The van der Waals surface area contributed by atoms with Gasteiger partial charge in [0.25, 0.3) is 5.91 Å². The van der Waals surface area contributed by atoms with Crippen molar-refractivity contribution >= 4 is 23.2 Å². The third-order valence-electron chi connectivity index (χ3n) is 8.60. The number of furan rings is 1. The van der Waals surface area contributed by atoms with E-state index in [4.69, 9.17) is 10.2 Å². The van der Waals surface area contributed by atoms with E-state index < -0.39 is 58.0 Å². The molecule has 0 bridgehead atoms. The number of carbonyl (C=O) groups excluding carboxylic acids is 3. The van der Waals surface area contributed by atoms with Gasteiger partial charge in [-0.1, -0.05) is 20.8 Å². The zero-order chi connectivity index (χ0) is 30.9. The summed E-state index contributed by atoms with van der Waals surface area (Å²) in [7, 11) is 3.13. The Labute approximate surface area is 243 Å². The van der Waals surface area contributed by atoms with Crippen molar-refractivity contribution in [3.05, 3.63) is 58.3 Å². The molecule has 2 aromatic rings. The van der Waals surface area contributed by atoms with Crippen molar-refractivity contribution in [2.75, 3.05) is 20.6 Å². The third kappa shape index (κ3) is 4.43. The van der Waals surface area contributed by atoms with Gasteiger partial charge in [0.2, 0.25) is 5.78 Å². The predicted octanol–water partition coefficient (Wildman–Crippen LogP) is 2.36. The fraction of sp³-hybridized carbons (Fsp3) is 0.452. The lowest BCUT2D eigenvalue weighted by Crippen LogP contribution is -2.65. The maximum atomic E-state index is 14.1. The van der Waals surface area contributed by atoms with Crippen LogP contribution in [0.15, 0.2) is 46.0 Å². The molecule has 1 saturated carbocycles. The molecule has 0 saturated heterocycles. The molecule has 5 rings (SSSR count). The Bertz CT molecular complexity index is 1550. The lowest BCUT2D eigenvalue weighted by Gasteiger charge is -2.50. The largest absolute Gasteiger partial charge is 0.508 e. The number of fused-ring (bicyclic) bond motifs is 3. The minimum Gasteiger partial charge on any atom is -0.508 e. The second-order valence-electron chi connectivity index (χ2n) is 12.9. The molecule has 1 aromatic carbocycles. The summed E-state index contributed by atoms with van der Waals surface area (Å²) in [5.41, 5.74) is 4.19.